The molecule has 2 heterocycles. The molecule has 0 bridgehead atoms. The van der Waals surface area contributed by atoms with Crippen molar-refractivity contribution in [3.05, 3.63) is 56.4 Å². The Labute approximate surface area is 168 Å². The van der Waals surface area contributed by atoms with E-state index < -0.39 is 32.1 Å². The zero-order chi connectivity index (χ0) is 21.2. The molecule has 1 aliphatic heterocycles. The van der Waals surface area contributed by atoms with E-state index in [1.54, 1.807) is 0 Å². The first-order valence-corrected chi connectivity index (χ1v) is 10.9. The number of rotatable bonds is 5. The van der Waals surface area contributed by atoms with Gasteiger partial charge in [-0.15, -0.1) is 0 Å². The van der Waals surface area contributed by atoms with Gasteiger partial charge < -0.3 is 10.3 Å². The molecule has 0 radical (unpaired) electrons. The van der Waals surface area contributed by atoms with Gasteiger partial charge >= 0.3 is 5.69 Å². The van der Waals surface area contributed by atoms with Crippen LogP contribution in [0.3, 0.4) is 0 Å². The number of carbonyl (C=O) groups excluding carboxylic acids is 1. The normalized spacial score (nSPS) is 17.8. The Balaban J connectivity index is 1.82. The second kappa shape index (κ2) is 8.34. The summed E-state index contributed by atoms with van der Waals surface area (Å²) in [6.07, 6.45) is 1.80. The van der Waals surface area contributed by atoms with Crippen molar-refractivity contribution in [1.82, 2.24) is 14.3 Å². The van der Waals surface area contributed by atoms with Crippen molar-refractivity contribution in [2.24, 2.45) is 5.92 Å². The van der Waals surface area contributed by atoms with Crippen LogP contribution < -0.4 is 16.6 Å². The van der Waals surface area contributed by atoms with Gasteiger partial charge in [-0.25, -0.2) is 13.2 Å². The minimum atomic E-state index is -4.15. The highest BCUT2D eigenvalue weighted by Gasteiger charge is 2.36. The number of hydrogen-bond donors (Lipinski definition) is 3. The quantitative estimate of drug-likeness (QED) is 0.663. The van der Waals surface area contributed by atoms with E-state index in [1.807, 2.05) is 36.2 Å². The summed E-state index contributed by atoms with van der Waals surface area (Å²) in [5.74, 6) is -0.788. The average molecular weight is 420 g/mol. The number of anilines is 1. The lowest BCUT2D eigenvalue weighted by molar-refractivity contribution is -0.120. The van der Waals surface area contributed by atoms with E-state index in [0.717, 1.165) is 16.3 Å². The largest absolute Gasteiger partial charge is 0.326 e. The first-order chi connectivity index (χ1) is 13.7. The van der Waals surface area contributed by atoms with Gasteiger partial charge in [-0.2, -0.15) is 4.31 Å². The van der Waals surface area contributed by atoms with Gasteiger partial charge in [0.1, 0.15) is 0 Å². The molecule has 1 unspecified atom stereocenters. The number of nitrogens with zero attached hydrogens (tertiary/aromatic N) is 1. The second-order valence-corrected chi connectivity index (χ2v) is 8.94. The first kappa shape index (κ1) is 21.0. The number of amides is 1. The van der Waals surface area contributed by atoms with Crippen LogP contribution in [-0.4, -0.2) is 41.7 Å². The lowest BCUT2D eigenvalue weighted by atomic mass is 9.98. The number of H-pyrrole nitrogens is 2. The lowest BCUT2D eigenvalue weighted by Gasteiger charge is -2.31. The number of aromatic nitrogens is 2. The van der Waals surface area contributed by atoms with Crippen molar-refractivity contribution >= 4 is 21.6 Å². The molecule has 1 atom stereocenters. The van der Waals surface area contributed by atoms with Crippen molar-refractivity contribution in [3.63, 3.8) is 0 Å². The molecule has 1 amide bonds. The van der Waals surface area contributed by atoms with E-state index >= 15 is 0 Å². The molecule has 0 aliphatic carbocycles. The predicted molar refractivity (Wildman–Crippen MR) is 108 cm³/mol. The fraction of sp³-hybridized carbons (Fsp3) is 0.421. The third-order valence-corrected chi connectivity index (χ3v) is 7.10. The maximum absolute atomic E-state index is 13.0. The van der Waals surface area contributed by atoms with Gasteiger partial charge in [0.05, 0.1) is 5.92 Å². The summed E-state index contributed by atoms with van der Waals surface area (Å²) in [5.41, 5.74) is -0.0433. The van der Waals surface area contributed by atoms with Gasteiger partial charge in [0, 0.05) is 24.5 Å². The molecule has 156 valence electrons. The topological polar surface area (TPSA) is 132 Å². The average Bonchev–Trinajstić information content (AvgIpc) is 2.67. The van der Waals surface area contributed by atoms with Crippen LogP contribution in [-0.2, 0) is 21.2 Å². The van der Waals surface area contributed by atoms with E-state index in [9.17, 15) is 22.8 Å². The molecular formula is C19H24N4O5S. The Bertz CT molecular complexity index is 1140. The maximum atomic E-state index is 13.0. The molecule has 1 aromatic carbocycles. The van der Waals surface area contributed by atoms with Gasteiger partial charge in [0.2, 0.25) is 15.9 Å². The summed E-state index contributed by atoms with van der Waals surface area (Å²) < 4.78 is 27.2. The summed E-state index contributed by atoms with van der Waals surface area (Å²) in [7, 11) is -4.15. The minimum absolute atomic E-state index is 0.0257. The number of sulfonamides is 1. The molecule has 1 aromatic heterocycles. The summed E-state index contributed by atoms with van der Waals surface area (Å²) in [6, 6.07) is 7.47. The zero-order valence-electron chi connectivity index (χ0n) is 16.3. The molecule has 2 aromatic rings. The van der Waals surface area contributed by atoms with Gasteiger partial charge in [-0.1, -0.05) is 25.1 Å². The molecule has 3 N–H and O–H groups in total. The zero-order valence-corrected chi connectivity index (χ0v) is 17.1. The fourth-order valence-electron chi connectivity index (χ4n) is 3.59. The van der Waals surface area contributed by atoms with Crippen LogP contribution in [0.2, 0.25) is 0 Å². The van der Waals surface area contributed by atoms with Crippen molar-refractivity contribution in [3.8, 4) is 0 Å². The molecule has 0 spiro atoms. The Kier molecular flexibility index (Phi) is 6.04. The maximum Gasteiger partial charge on any atom is 0.325 e. The van der Waals surface area contributed by atoms with E-state index in [4.69, 9.17) is 0 Å². The number of hydrogen-bond acceptors (Lipinski definition) is 5. The molecule has 1 aliphatic rings. The third-order valence-electron chi connectivity index (χ3n) is 5.08. The highest BCUT2D eigenvalue weighted by Crippen LogP contribution is 2.25. The minimum Gasteiger partial charge on any atom is -0.326 e. The van der Waals surface area contributed by atoms with E-state index in [-0.39, 0.29) is 24.7 Å². The van der Waals surface area contributed by atoms with E-state index in [2.05, 4.69) is 10.3 Å². The van der Waals surface area contributed by atoms with Crippen LogP contribution in [0.4, 0.5) is 5.69 Å². The number of nitrogens with one attached hydrogen (secondary N) is 3. The predicted octanol–water partition coefficient (Wildman–Crippen LogP) is 0.973. The number of aryl methyl sites for hydroxylation is 2. The first-order valence-electron chi connectivity index (χ1n) is 9.46. The Morgan fingerprint density at radius 3 is 2.66 bits per heavy atom. The number of aromatic amines is 2. The van der Waals surface area contributed by atoms with Crippen molar-refractivity contribution < 1.29 is 13.2 Å². The lowest BCUT2D eigenvalue weighted by Crippen LogP contribution is -2.45. The molecule has 1 saturated heterocycles. The van der Waals surface area contributed by atoms with Crippen molar-refractivity contribution in [2.45, 2.75) is 38.0 Å². The van der Waals surface area contributed by atoms with Crippen LogP contribution >= 0.6 is 0 Å². The van der Waals surface area contributed by atoms with Crippen molar-refractivity contribution in [1.29, 1.82) is 0 Å². The van der Waals surface area contributed by atoms with Gasteiger partial charge in [0.25, 0.3) is 5.56 Å². The second-order valence-electron chi connectivity index (χ2n) is 7.06. The van der Waals surface area contributed by atoms with Crippen LogP contribution in [0.5, 0.6) is 0 Å². The van der Waals surface area contributed by atoms with E-state index in [0.29, 0.717) is 18.5 Å². The summed E-state index contributed by atoms with van der Waals surface area (Å²) in [5, 5.41) is 2.90. The highest BCUT2D eigenvalue weighted by molar-refractivity contribution is 7.89. The number of para-hydroxylation sites is 1. The number of carbonyl (C=O) groups is 1. The monoisotopic (exact) mass is 420 g/mol. The summed E-state index contributed by atoms with van der Waals surface area (Å²) in [4.78, 5) is 40.0. The molecule has 1 fully saturated rings. The van der Waals surface area contributed by atoms with Crippen LogP contribution in [0, 0.1) is 12.8 Å². The van der Waals surface area contributed by atoms with Gasteiger partial charge in [-0.05, 0) is 37.8 Å². The molecule has 9 nitrogen and oxygen atoms in total. The number of piperidine rings is 1. The summed E-state index contributed by atoms with van der Waals surface area (Å²) >= 11 is 0. The SMILES string of the molecule is CCc1ccccc1NC(=O)C1CCCN(S(=O)(=O)c2c(C)[nH]c(=O)[nH]c2=O)C1. The van der Waals surface area contributed by atoms with Crippen LogP contribution in [0.15, 0.2) is 38.8 Å². The number of benzene rings is 1. The fourth-order valence-corrected chi connectivity index (χ4v) is 5.32. The molecular weight excluding hydrogens is 396 g/mol. The van der Waals surface area contributed by atoms with Gasteiger partial charge in [0.15, 0.2) is 4.90 Å². The third kappa shape index (κ3) is 4.33. The summed E-state index contributed by atoms with van der Waals surface area (Å²) in [6.45, 7) is 3.53. The van der Waals surface area contributed by atoms with E-state index in [1.165, 1.54) is 6.92 Å². The molecule has 10 heteroatoms. The molecule has 3 rings (SSSR count). The van der Waals surface area contributed by atoms with Crippen molar-refractivity contribution in [2.75, 3.05) is 18.4 Å². The van der Waals surface area contributed by atoms with Gasteiger partial charge in [-0.3, -0.25) is 14.6 Å². The van der Waals surface area contributed by atoms with Crippen LogP contribution in [0.25, 0.3) is 0 Å². The van der Waals surface area contributed by atoms with Crippen LogP contribution in [0.1, 0.15) is 31.0 Å². The highest BCUT2D eigenvalue weighted by atomic mass is 32.2. The Morgan fingerprint density at radius 1 is 1.24 bits per heavy atom. The Hall–Kier alpha value is -2.72. The standard InChI is InChI=1S/C19H24N4O5S/c1-3-13-7-4-5-9-15(13)21-17(24)14-8-6-10-23(11-14)29(27,28)16-12(2)20-19(26)22-18(16)25/h4-5,7,9,14H,3,6,8,10-11H2,1-2H3,(H,21,24)(H2,20,22,25,26). The Morgan fingerprint density at radius 2 is 1.97 bits per heavy atom. The molecule has 29 heavy (non-hydrogen) atoms. The smallest absolute Gasteiger partial charge is 0.325 e. The molecule has 0 saturated carbocycles.